The van der Waals surface area contributed by atoms with Gasteiger partial charge in [0.05, 0.1) is 23.9 Å². The van der Waals surface area contributed by atoms with Crippen molar-refractivity contribution in [3.63, 3.8) is 0 Å². The molecule has 0 radical (unpaired) electrons. The van der Waals surface area contributed by atoms with Crippen LogP contribution >= 0.6 is 11.3 Å². The van der Waals surface area contributed by atoms with Crippen LogP contribution in [0.3, 0.4) is 0 Å². The highest BCUT2D eigenvalue weighted by molar-refractivity contribution is 7.09. The first-order valence-corrected chi connectivity index (χ1v) is 7.01. The smallest absolute Gasteiger partial charge is 0.161 e. The number of thiazole rings is 1. The average Bonchev–Trinajstić information content (AvgIpc) is 2.83. The Bertz CT molecular complexity index is 539. The minimum Gasteiger partial charge on any atom is -0.490 e. The van der Waals surface area contributed by atoms with Crippen LogP contribution in [0.2, 0.25) is 0 Å². The highest BCUT2D eigenvalue weighted by Crippen LogP contribution is 2.29. The summed E-state index contributed by atoms with van der Waals surface area (Å²) < 4.78 is 11.2. The van der Waals surface area contributed by atoms with E-state index in [9.17, 15) is 0 Å². The van der Waals surface area contributed by atoms with Crippen LogP contribution in [0, 0.1) is 6.92 Å². The van der Waals surface area contributed by atoms with Gasteiger partial charge in [0.1, 0.15) is 6.61 Å². The molecule has 0 saturated heterocycles. The molecular formula is C14H17NO3S. The number of ether oxygens (including phenoxy) is 2. The van der Waals surface area contributed by atoms with Gasteiger partial charge in [-0.15, -0.1) is 11.3 Å². The van der Waals surface area contributed by atoms with Crippen LogP contribution in [0.25, 0.3) is 0 Å². The first-order valence-electron chi connectivity index (χ1n) is 6.13. The fraction of sp³-hybridized carbons (Fsp3) is 0.357. The van der Waals surface area contributed by atoms with Gasteiger partial charge in [0.15, 0.2) is 11.5 Å². The monoisotopic (exact) mass is 279 g/mol. The van der Waals surface area contributed by atoms with E-state index in [2.05, 4.69) is 4.98 Å². The normalized spacial score (nSPS) is 10.5. The average molecular weight is 279 g/mol. The van der Waals surface area contributed by atoms with Gasteiger partial charge >= 0.3 is 0 Å². The van der Waals surface area contributed by atoms with E-state index in [4.69, 9.17) is 14.6 Å². The van der Waals surface area contributed by atoms with Gasteiger partial charge in [0.25, 0.3) is 0 Å². The highest BCUT2D eigenvalue weighted by Gasteiger charge is 2.07. The molecule has 0 saturated carbocycles. The van der Waals surface area contributed by atoms with E-state index in [1.54, 1.807) is 17.4 Å². The van der Waals surface area contributed by atoms with Gasteiger partial charge in [-0.3, -0.25) is 0 Å². The van der Waals surface area contributed by atoms with Crippen molar-refractivity contribution in [3.8, 4) is 11.5 Å². The molecule has 102 valence electrons. The maximum absolute atomic E-state index is 9.13. The van der Waals surface area contributed by atoms with Crippen molar-refractivity contribution >= 4 is 11.3 Å². The molecule has 0 atom stereocenters. The molecule has 1 N–H and O–H groups in total. The summed E-state index contributed by atoms with van der Waals surface area (Å²) in [6, 6.07) is 5.44. The van der Waals surface area contributed by atoms with Crippen LogP contribution < -0.4 is 9.47 Å². The van der Waals surface area contributed by atoms with E-state index < -0.39 is 0 Å². The molecule has 19 heavy (non-hydrogen) atoms. The van der Waals surface area contributed by atoms with Crippen LogP contribution in [0.4, 0.5) is 0 Å². The van der Waals surface area contributed by atoms with Gasteiger partial charge in [0, 0.05) is 5.38 Å². The summed E-state index contributed by atoms with van der Waals surface area (Å²) in [5.41, 5.74) is 1.72. The predicted molar refractivity (Wildman–Crippen MR) is 74.7 cm³/mol. The molecule has 0 aliphatic heterocycles. The number of rotatable bonds is 6. The Balaban J connectivity index is 2.10. The SMILES string of the molecule is CCOc1cc(CO)ccc1OCc1csc(C)n1. The molecule has 0 bridgehead atoms. The van der Waals surface area contributed by atoms with Gasteiger partial charge in [0.2, 0.25) is 0 Å². The number of hydrogen-bond acceptors (Lipinski definition) is 5. The summed E-state index contributed by atoms with van der Waals surface area (Å²) >= 11 is 1.60. The maximum atomic E-state index is 9.13. The number of aliphatic hydroxyl groups excluding tert-OH is 1. The van der Waals surface area contributed by atoms with Crippen LogP contribution in [0.15, 0.2) is 23.6 Å². The second-order valence-electron chi connectivity index (χ2n) is 4.02. The van der Waals surface area contributed by atoms with Gasteiger partial charge in [-0.25, -0.2) is 4.98 Å². The highest BCUT2D eigenvalue weighted by atomic mass is 32.1. The summed E-state index contributed by atoms with van der Waals surface area (Å²) in [5, 5.41) is 12.1. The Morgan fingerprint density at radius 2 is 2.11 bits per heavy atom. The molecule has 0 aliphatic carbocycles. The lowest BCUT2D eigenvalue weighted by Gasteiger charge is -2.12. The Hall–Kier alpha value is -1.59. The van der Waals surface area contributed by atoms with Crippen LogP contribution in [0.1, 0.15) is 23.2 Å². The molecule has 2 aromatic rings. The van der Waals surface area contributed by atoms with Gasteiger partial charge in [-0.05, 0) is 31.5 Å². The van der Waals surface area contributed by atoms with E-state index in [1.165, 1.54) is 0 Å². The number of benzene rings is 1. The van der Waals surface area contributed by atoms with Crippen LogP contribution in [-0.2, 0) is 13.2 Å². The lowest BCUT2D eigenvalue weighted by molar-refractivity contribution is 0.262. The van der Waals surface area contributed by atoms with Gasteiger partial charge in [-0.1, -0.05) is 6.07 Å². The molecule has 0 unspecified atom stereocenters. The van der Waals surface area contributed by atoms with Crippen molar-refractivity contribution < 1.29 is 14.6 Å². The number of hydrogen-bond donors (Lipinski definition) is 1. The topological polar surface area (TPSA) is 51.6 Å². The third kappa shape index (κ3) is 3.68. The molecule has 1 heterocycles. The Kier molecular flexibility index (Phi) is 4.76. The summed E-state index contributed by atoms with van der Waals surface area (Å²) in [4.78, 5) is 4.35. The number of aliphatic hydroxyl groups is 1. The van der Waals surface area contributed by atoms with Crippen molar-refractivity contribution in [1.29, 1.82) is 0 Å². The first-order chi connectivity index (χ1) is 9.22. The Morgan fingerprint density at radius 1 is 1.26 bits per heavy atom. The maximum Gasteiger partial charge on any atom is 0.161 e. The van der Waals surface area contributed by atoms with Gasteiger partial charge in [-0.2, -0.15) is 0 Å². The number of nitrogens with zero attached hydrogens (tertiary/aromatic N) is 1. The second kappa shape index (κ2) is 6.54. The van der Waals surface area contributed by atoms with E-state index in [-0.39, 0.29) is 6.61 Å². The zero-order chi connectivity index (χ0) is 13.7. The first kappa shape index (κ1) is 13.8. The van der Waals surface area contributed by atoms with Crippen LogP contribution in [0.5, 0.6) is 11.5 Å². The molecule has 0 spiro atoms. The summed E-state index contributed by atoms with van der Waals surface area (Å²) in [6.45, 7) is 4.85. The molecule has 0 fully saturated rings. The molecule has 1 aromatic carbocycles. The minimum atomic E-state index is -0.00830. The van der Waals surface area contributed by atoms with E-state index >= 15 is 0 Å². The Labute approximate surface area is 116 Å². The number of aromatic nitrogens is 1. The zero-order valence-electron chi connectivity index (χ0n) is 11.0. The summed E-state index contributed by atoms with van der Waals surface area (Å²) in [7, 11) is 0. The summed E-state index contributed by atoms with van der Waals surface area (Å²) in [5.74, 6) is 1.32. The van der Waals surface area contributed by atoms with Crippen molar-refractivity contribution in [2.45, 2.75) is 27.1 Å². The zero-order valence-corrected chi connectivity index (χ0v) is 11.9. The number of aryl methyl sites for hydroxylation is 1. The van der Waals surface area contributed by atoms with Crippen molar-refractivity contribution in [2.24, 2.45) is 0 Å². The largest absolute Gasteiger partial charge is 0.490 e. The van der Waals surface area contributed by atoms with Crippen molar-refractivity contribution in [3.05, 3.63) is 39.8 Å². The van der Waals surface area contributed by atoms with Gasteiger partial charge < -0.3 is 14.6 Å². The molecule has 4 nitrogen and oxygen atoms in total. The second-order valence-corrected chi connectivity index (χ2v) is 5.08. The Morgan fingerprint density at radius 3 is 2.74 bits per heavy atom. The van der Waals surface area contributed by atoms with Crippen molar-refractivity contribution in [2.75, 3.05) is 6.61 Å². The predicted octanol–water partition coefficient (Wildman–Crippen LogP) is 2.92. The third-order valence-electron chi connectivity index (χ3n) is 2.53. The quantitative estimate of drug-likeness (QED) is 0.883. The van der Waals surface area contributed by atoms with Crippen molar-refractivity contribution in [1.82, 2.24) is 4.98 Å². The minimum absolute atomic E-state index is 0.00830. The molecular weight excluding hydrogens is 262 g/mol. The lowest BCUT2D eigenvalue weighted by Crippen LogP contribution is -2.00. The van der Waals surface area contributed by atoms with E-state index in [1.807, 2.05) is 31.4 Å². The molecule has 5 heteroatoms. The standard InChI is InChI=1S/C14H17NO3S/c1-3-17-14-6-11(7-16)4-5-13(14)18-8-12-9-19-10(2)15-12/h4-6,9,16H,3,7-8H2,1-2H3. The van der Waals surface area contributed by atoms with E-state index in [0.29, 0.717) is 24.7 Å². The lowest BCUT2D eigenvalue weighted by atomic mass is 10.2. The fourth-order valence-corrected chi connectivity index (χ4v) is 2.26. The third-order valence-corrected chi connectivity index (χ3v) is 3.35. The van der Waals surface area contributed by atoms with Crippen LogP contribution in [-0.4, -0.2) is 16.7 Å². The van der Waals surface area contributed by atoms with E-state index in [0.717, 1.165) is 16.3 Å². The summed E-state index contributed by atoms with van der Waals surface area (Å²) in [6.07, 6.45) is 0. The molecule has 1 aromatic heterocycles. The molecule has 2 rings (SSSR count). The fourth-order valence-electron chi connectivity index (χ4n) is 1.66. The molecule has 0 amide bonds. The molecule has 0 aliphatic rings.